The highest BCUT2D eigenvalue weighted by atomic mass is 16.6. The van der Waals surface area contributed by atoms with Gasteiger partial charge in [-0.2, -0.15) is 0 Å². The molecule has 1 aromatic rings. The van der Waals surface area contributed by atoms with Gasteiger partial charge in [0, 0.05) is 25.1 Å². The Morgan fingerprint density at radius 3 is 2.41 bits per heavy atom. The average molecular weight is 402 g/mol. The molecule has 1 amide bonds. The van der Waals surface area contributed by atoms with Crippen molar-refractivity contribution < 1.29 is 14.3 Å². The molecule has 0 bridgehead atoms. The summed E-state index contributed by atoms with van der Waals surface area (Å²) in [5.74, 6) is 0. The number of hydrogen-bond donors (Lipinski definition) is 0. The van der Waals surface area contributed by atoms with Gasteiger partial charge in [-0.3, -0.25) is 0 Å². The van der Waals surface area contributed by atoms with E-state index in [1.807, 2.05) is 31.7 Å². The Balaban J connectivity index is 0.000000687. The predicted octanol–water partition coefficient (Wildman–Crippen LogP) is 5.89. The largest absolute Gasteiger partial charge is 0.444 e. The second kappa shape index (κ2) is 10.3. The molecule has 1 aliphatic carbocycles. The van der Waals surface area contributed by atoms with E-state index in [1.54, 1.807) is 0 Å². The van der Waals surface area contributed by atoms with Crippen LogP contribution in [-0.2, 0) is 21.3 Å². The standard InChI is InChI=1S/C21H31NO3.C4H8/c1-5-14-24-18-15-16-8-6-7-9-17(16)21(18)10-12-22(13-11-21)19(23)25-20(2,3)4;1-3-4-2/h6-9,18H,5,10-15H2,1-4H3;3H,1,4H2,2H3. The molecule has 162 valence electrons. The van der Waals surface area contributed by atoms with E-state index in [4.69, 9.17) is 9.47 Å². The topological polar surface area (TPSA) is 38.8 Å². The van der Waals surface area contributed by atoms with Crippen LogP contribution >= 0.6 is 0 Å². The average Bonchev–Trinajstić information content (AvgIpc) is 2.99. The number of ether oxygens (including phenoxy) is 2. The number of amides is 1. The first kappa shape index (κ1) is 23.5. The van der Waals surface area contributed by atoms with E-state index < -0.39 is 5.60 Å². The van der Waals surface area contributed by atoms with Gasteiger partial charge in [0.25, 0.3) is 0 Å². The molecular formula is C25H39NO3. The van der Waals surface area contributed by atoms with Gasteiger partial charge in [0.05, 0.1) is 6.10 Å². The zero-order valence-corrected chi connectivity index (χ0v) is 19.0. The van der Waals surface area contributed by atoms with Crippen molar-refractivity contribution in [1.29, 1.82) is 0 Å². The molecule has 1 aromatic carbocycles. The molecule has 1 atom stereocenters. The third kappa shape index (κ3) is 5.85. The van der Waals surface area contributed by atoms with Crippen LogP contribution < -0.4 is 0 Å². The Morgan fingerprint density at radius 2 is 1.86 bits per heavy atom. The van der Waals surface area contributed by atoms with Crippen LogP contribution in [-0.4, -0.2) is 42.4 Å². The number of carbonyl (C=O) groups is 1. The molecule has 1 heterocycles. The Hall–Kier alpha value is -1.81. The Morgan fingerprint density at radius 1 is 1.24 bits per heavy atom. The summed E-state index contributed by atoms with van der Waals surface area (Å²) in [4.78, 5) is 14.2. The van der Waals surface area contributed by atoms with Gasteiger partial charge < -0.3 is 14.4 Å². The van der Waals surface area contributed by atoms with Crippen molar-refractivity contribution in [2.24, 2.45) is 0 Å². The highest BCUT2D eigenvalue weighted by molar-refractivity contribution is 5.68. The van der Waals surface area contributed by atoms with Crippen molar-refractivity contribution in [2.75, 3.05) is 19.7 Å². The minimum absolute atomic E-state index is 0.0459. The molecule has 0 saturated carbocycles. The van der Waals surface area contributed by atoms with Crippen molar-refractivity contribution >= 4 is 6.09 Å². The predicted molar refractivity (Wildman–Crippen MR) is 119 cm³/mol. The Bertz CT molecular complexity index is 669. The number of benzene rings is 1. The Kier molecular flexibility index (Phi) is 8.33. The summed E-state index contributed by atoms with van der Waals surface area (Å²) in [6, 6.07) is 8.73. The van der Waals surface area contributed by atoms with Gasteiger partial charge >= 0.3 is 6.09 Å². The normalized spacial score (nSPS) is 19.9. The van der Waals surface area contributed by atoms with Crippen molar-refractivity contribution in [3.63, 3.8) is 0 Å². The molecule has 2 aliphatic rings. The fourth-order valence-corrected chi connectivity index (χ4v) is 4.24. The smallest absolute Gasteiger partial charge is 0.410 e. The van der Waals surface area contributed by atoms with Crippen molar-refractivity contribution in [2.45, 2.75) is 83.8 Å². The van der Waals surface area contributed by atoms with Crippen molar-refractivity contribution in [3.05, 3.63) is 48.0 Å². The van der Waals surface area contributed by atoms with Gasteiger partial charge in [-0.25, -0.2) is 4.79 Å². The molecule has 4 heteroatoms. The lowest BCUT2D eigenvalue weighted by Crippen LogP contribution is -2.50. The van der Waals surface area contributed by atoms with Crippen molar-refractivity contribution in [1.82, 2.24) is 4.90 Å². The number of nitrogens with zero attached hydrogens (tertiary/aromatic N) is 1. The molecule has 0 aromatic heterocycles. The third-order valence-corrected chi connectivity index (χ3v) is 5.69. The number of piperidine rings is 1. The summed E-state index contributed by atoms with van der Waals surface area (Å²) < 4.78 is 11.8. The first-order valence-corrected chi connectivity index (χ1v) is 11.1. The molecule has 0 radical (unpaired) electrons. The van der Waals surface area contributed by atoms with E-state index in [0.717, 1.165) is 51.8 Å². The van der Waals surface area contributed by atoms with Gasteiger partial charge in [-0.15, -0.1) is 6.58 Å². The number of carbonyl (C=O) groups excluding carboxylic acids is 1. The van der Waals surface area contributed by atoms with Crippen LogP contribution in [0.25, 0.3) is 0 Å². The zero-order valence-electron chi connectivity index (χ0n) is 19.0. The van der Waals surface area contributed by atoms with Crippen LogP contribution in [0, 0.1) is 0 Å². The number of hydrogen-bond acceptors (Lipinski definition) is 3. The summed E-state index contributed by atoms with van der Waals surface area (Å²) in [5.41, 5.74) is 2.44. The third-order valence-electron chi connectivity index (χ3n) is 5.69. The minimum Gasteiger partial charge on any atom is -0.444 e. The monoisotopic (exact) mass is 401 g/mol. The molecule has 1 aliphatic heterocycles. The molecule has 4 nitrogen and oxygen atoms in total. The first-order chi connectivity index (χ1) is 13.8. The lowest BCUT2D eigenvalue weighted by Gasteiger charge is -2.43. The van der Waals surface area contributed by atoms with E-state index in [1.165, 1.54) is 11.1 Å². The molecule has 3 rings (SSSR count). The van der Waals surface area contributed by atoms with Gasteiger partial charge in [0.2, 0.25) is 0 Å². The zero-order chi connectivity index (χ0) is 21.5. The summed E-state index contributed by atoms with van der Waals surface area (Å²) in [6.45, 7) is 15.7. The van der Waals surface area contributed by atoms with E-state index in [2.05, 4.69) is 44.7 Å². The molecule has 0 N–H and O–H groups in total. The van der Waals surface area contributed by atoms with E-state index >= 15 is 0 Å². The molecule has 1 saturated heterocycles. The van der Waals surface area contributed by atoms with Crippen LogP contribution in [0.3, 0.4) is 0 Å². The van der Waals surface area contributed by atoms with Crippen LogP contribution in [0.2, 0.25) is 0 Å². The highest BCUT2D eigenvalue weighted by Crippen LogP contribution is 2.47. The lowest BCUT2D eigenvalue weighted by molar-refractivity contribution is -0.0264. The molecule has 1 unspecified atom stereocenters. The summed E-state index contributed by atoms with van der Waals surface area (Å²) in [7, 11) is 0. The van der Waals surface area contributed by atoms with Crippen LogP contribution in [0.4, 0.5) is 4.79 Å². The lowest BCUT2D eigenvalue weighted by atomic mass is 9.72. The van der Waals surface area contributed by atoms with Gasteiger partial charge in [-0.1, -0.05) is 44.2 Å². The molecule has 1 spiro atoms. The second-order valence-electron chi connectivity index (χ2n) is 9.04. The van der Waals surface area contributed by atoms with Gasteiger partial charge in [-0.05, 0) is 64.0 Å². The summed E-state index contributed by atoms with van der Waals surface area (Å²) >= 11 is 0. The van der Waals surface area contributed by atoms with E-state index in [-0.39, 0.29) is 17.6 Å². The molecule has 1 fully saturated rings. The van der Waals surface area contributed by atoms with E-state index in [0.29, 0.717) is 0 Å². The molecule has 29 heavy (non-hydrogen) atoms. The maximum atomic E-state index is 12.4. The van der Waals surface area contributed by atoms with Crippen LogP contribution in [0.5, 0.6) is 0 Å². The molecular weight excluding hydrogens is 362 g/mol. The van der Waals surface area contributed by atoms with Crippen molar-refractivity contribution in [3.8, 4) is 0 Å². The number of allylic oxidation sites excluding steroid dienone is 1. The van der Waals surface area contributed by atoms with Gasteiger partial charge in [0.1, 0.15) is 5.60 Å². The number of rotatable bonds is 4. The maximum Gasteiger partial charge on any atom is 0.410 e. The fraction of sp³-hybridized carbons (Fsp3) is 0.640. The Labute approximate surface area is 177 Å². The van der Waals surface area contributed by atoms with E-state index in [9.17, 15) is 4.79 Å². The van der Waals surface area contributed by atoms with Gasteiger partial charge in [0.15, 0.2) is 0 Å². The van der Waals surface area contributed by atoms with Crippen LogP contribution in [0.15, 0.2) is 36.9 Å². The SMILES string of the molecule is C=CCC.CCCOC1Cc2ccccc2C12CCN(C(=O)OC(C)(C)C)CC2. The maximum absolute atomic E-state index is 12.4. The number of likely N-dealkylation sites (tertiary alicyclic amines) is 1. The summed E-state index contributed by atoms with van der Waals surface area (Å²) in [5, 5.41) is 0. The number of fused-ring (bicyclic) bond motifs is 2. The second-order valence-corrected chi connectivity index (χ2v) is 9.04. The first-order valence-electron chi connectivity index (χ1n) is 11.1. The highest BCUT2D eigenvalue weighted by Gasteiger charge is 2.49. The van der Waals surface area contributed by atoms with Crippen LogP contribution in [0.1, 0.15) is 71.4 Å². The quantitative estimate of drug-likeness (QED) is 0.591. The fourth-order valence-electron chi connectivity index (χ4n) is 4.24. The minimum atomic E-state index is -0.445. The summed E-state index contributed by atoms with van der Waals surface area (Å²) in [6.07, 6.45) is 6.90.